The first kappa shape index (κ1) is 13.7. The third-order valence-corrected chi connectivity index (χ3v) is 4.85. The fourth-order valence-corrected chi connectivity index (χ4v) is 4.02. The standard InChI is InChI=1S/C18H19FN2O/c19-16-4-1-3-13(8-16)9-20-10-14-7-15(12-20)17-5-2-6-18(22)21(17)11-14/h1-6,8,14-15H,7,9-12H2/t14-,15-/m0/s1. The van der Waals surface area contributed by atoms with Crippen LogP contribution >= 0.6 is 0 Å². The van der Waals surface area contributed by atoms with Crippen molar-refractivity contribution in [3.8, 4) is 0 Å². The lowest BCUT2D eigenvalue weighted by molar-refractivity contribution is 0.114. The minimum atomic E-state index is -0.174. The molecular formula is C18H19FN2O. The molecule has 3 heterocycles. The van der Waals surface area contributed by atoms with Crippen LogP contribution in [0, 0.1) is 11.7 Å². The van der Waals surface area contributed by atoms with E-state index in [-0.39, 0.29) is 11.4 Å². The highest BCUT2D eigenvalue weighted by atomic mass is 19.1. The summed E-state index contributed by atoms with van der Waals surface area (Å²) in [6.07, 6.45) is 1.16. The summed E-state index contributed by atoms with van der Waals surface area (Å²) in [5.41, 5.74) is 2.30. The fraction of sp³-hybridized carbons (Fsp3) is 0.389. The zero-order valence-corrected chi connectivity index (χ0v) is 12.4. The van der Waals surface area contributed by atoms with E-state index in [0.717, 1.165) is 43.9 Å². The molecule has 2 aromatic rings. The molecule has 4 rings (SSSR count). The van der Waals surface area contributed by atoms with Crippen molar-refractivity contribution in [2.75, 3.05) is 13.1 Å². The Morgan fingerprint density at radius 3 is 2.82 bits per heavy atom. The van der Waals surface area contributed by atoms with E-state index < -0.39 is 0 Å². The Kier molecular flexibility index (Phi) is 3.34. The van der Waals surface area contributed by atoms with Gasteiger partial charge in [0, 0.05) is 43.9 Å². The SMILES string of the molecule is O=c1cccc2n1C[C@H]1C[C@H]2CN(Cc2cccc(F)c2)C1. The van der Waals surface area contributed by atoms with Gasteiger partial charge in [0.05, 0.1) is 0 Å². The summed E-state index contributed by atoms with van der Waals surface area (Å²) in [4.78, 5) is 14.4. The summed E-state index contributed by atoms with van der Waals surface area (Å²) >= 11 is 0. The number of fused-ring (bicyclic) bond motifs is 4. The van der Waals surface area contributed by atoms with Gasteiger partial charge in [0.15, 0.2) is 0 Å². The Labute approximate surface area is 129 Å². The quantitative estimate of drug-likeness (QED) is 0.851. The van der Waals surface area contributed by atoms with Gasteiger partial charge in [-0.25, -0.2) is 4.39 Å². The van der Waals surface area contributed by atoms with Crippen molar-refractivity contribution in [3.05, 3.63) is 69.9 Å². The smallest absolute Gasteiger partial charge is 0.250 e. The summed E-state index contributed by atoms with van der Waals surface area (Å²) in [7, 11) is 0. The topological polar surface area (TPSA) is 25.2 Å². The maximum atomic E-state index is 13.3. The molecule has 1 fully saturated rings. The number of nitrogens with zero attached hydrogens (tertiary/aromatic N) is 2. The first-order chi connectivity index (χ1) is 10.7. The Hall–Kier alpha value is -1.94. The predicted molar refractivity (Wildman–Crippen MR) is 83.2 cm³/mol. The Morgan fingerprint density at radius 2 is 1.95 bits per heavy atom. The molecule has 0 spiro atoms. The molecule has 4 heteroatoms. The second-order valence-electron chi connectivity index (χ2n) is 6.52. The van der Waals surface area contributed by atoms with Crippen molar-refractivity contribution in [2.45, 2.75) is 25.4 Å². The molecule has 22 heavy (non-hydrogen) atoms. The van der Waals surface area contributed by atoms with E-state index in [2.05, 4.69) is 11.0 Å². The van der Waals surface area contributed by atoms with E-state index in [9.17, 15) is 9.18 Å². The van der Waals surface area contributed by atoms with Crippen molar-refractivity contribution in [3.63, 3.8) is 0 Å². The predicted octanol–water partition coefficient (Wildman–Crippen LogP) is 2.61. The molecule has 0 radical (unpaired) electrons. The second kappa shape index (κ2) is 5.36. The van der Waals surface area contributed by atoms with Crippen LogP contribution in [0.15, 0.2) is 47.3 Å². The number of aromatic nitrogens is 1. The van der Waals surface area contributed by atoms with Crippen LogP contribution in [0.1, 0.15) is 23.6 Å². The molecule has 3 nitrogen and oxygen atoms in total. The second-order valence-corrected chi connectivity index (χ2v) is 6.52. The molecule has 0 amide bonds. The van der Waals surface area contributed by atoms with E-state index in [0.29, 0.717) is 11.8 Å². The highest BCUT2D eigenvalue weighted by Crippen LogP contribution is 2.35. The third-order valence-electron chi connectivity index (χ3n) is 4.85. The van der Waals surface area contributed by atoms with E-state index in [1.54, 1.807) is 18.2 Å². The van der Waals surface area contributed by atoms with Crippen molar-refractivity contribution in [1.82, 2.24) is 9.47 Å². The lowest BCUT2D eigenvalue weighted by atomic mass is 9.83. The van der Waals surface area contributed by atoms with Crippen molar-refractivity contribution >= 4 is 0 Å². The van der Waals surface area contributed by atoms with Gasteiger partial charge in [-0.1, -0.05) is 18.2 Å². The number of halogens is 1. The van der Waals surface area contributed by atoms with Crippen LogP contribution in [0.2, 0.25) is 0 Å². The summed E-state index contributed by atoms with van der Waals surface area (Å²) in [6.45, 7) is 3.51. The number of hydrogen-bond donors (Lipinski definition) is 0. The summed E-state index contributed by atoms with van der Waals surface area (Å²) in [5, 5.41) is 0. The maximum Gasteiger partial charge on any atom is 0.250 e. The van der Waals surface area contributed by atoms with Crippen LogP contribution in [0.25, 0.3) is 0 Å². The summed E-state index contributed by atoms with van der Waals surface area (Å²) in [6, 6.07) is 12.4. The monoisotopic (exact) mass is 298 g/mol. The molecule has 1 aromatic carbocycles. The van der Waals surface area contributed by atoms with Gasteiger partial charge in [-0.15, -0.1) is 0 Å². The highest BCUT2D eigenvalue weighted by molar-refractivity contribution is 5.19. The molecule has 114 valence electrons. The van der Waals surface area contributed by atoms with Crippen molar-refractivity contribution in [2.24, 2.45) is 5.92 Å². The number of benzene rings is 1. The minimum absolute atomic E-state index is 0.116. The average Bonchev–Trinajstić information content (AvgIpc) is 2.48. The van der Waals surface area contributed by atoms with Gasteiger partial charge in [-0.3, -0.25) is 9.69 Å². The zero-order valence-electron chi connectivity index (χ0n) is 12.4. The number of rotatable bonds is 2. The first-order valence-corrected chi connectivity index (χ1v) is 7.85. The number of piperidine rings is 1. The lowest BCUT2D eigenvalue weighted by Gasteiger charge is -2.42. The van der Waals surface area contributed by atoms with E-state index in [1.165, 1.54) is 6.07 Å². The van der Waals surface area contributed by atoms with Gasteiger partial charge in [-0.05, 0) is 36.1 Å². The molecule has 1 aromatic heterocycles. The summed E-state index contributed by atoms with van der Waals surface area (Å²) in [5.74, 6) is 0.751. The maximum absolute atomic E-state index is 13.3. The van der Waals surface area contributed by atoms with E-state index >= 15 is 0 Å². The molecule has 0 N–H and O–H groups in total. The number of pyridine rings is 1. The van der Waals surface area contributed by atoms with Crippen molar-refractivity contribution < 1.29 is 4.39 Å². The van der Waals surface area contributed by atoms with Crippen LogP contribution in [-0.2, 0) is 13.1 Å². The minimum Gasteiger partial charge on any atom is -0.312 e. The molecule has 2 atom stereocenters. The van der Waals surface area contributed by atoms with Gasteiger partial charge in [0.2, 0.25) is 0 Å². The van der Waals surface area contributed by atoms with Crippen LogP contribution in [-0.4, -0.2) is 22.6 Å². The molecule has 0 unspecified atom stereocenters. The van der Waals surface area contributed by atoms with E-state index in [1.807, 2.05) is 16.7 Å². The van der Waals surface area contributed by atoms with Crippen LogP contribution < -0.4 is 5.56 Å². The van der Waals surface area contributed by atoms with Gasteiger partial charge < -0.3 is 4.57 Å². The lowest BCUT2D eigenvalue weighted by Crippen LogP contribution is -2.46. The normalized spacial score (nSPS) is 24.0. The molecule has 1 saturated heterocycles. The molecule has 2 aliphatic heterocycles. The zero-order chi connectivity index (χ0) is 15.1. The van der Waals surface area contributed by atoms with Gasteiger partial charge in [-0.2, -0.15) is 0 Å². The Balaban J connectivity index is 1.57. The highest BCUT2D eigenvalue weighted by Gasteiger charge is 2.34. The first-order valence-electron chi connectivity index (χ1n) is 7.85. The number of hydrogen-bond acceptors (Lipinski definition) is 2. The van der Waals surface area contributed by atoms with Crippen molar-refractivity contribution in [1.29, 1.82) is 0 Å². The molecule has 0 aliphatic carbocycles. The van der Waals surface area contributed by atoms with E-state index in [4.69, 9.17) is 0 Å². The fourth-order valence-electron chi connectivity index (χ4n) is 4.02. The third kappa shape index (κ3) is 2.48. The largest absolute Gasteiger partial charge is 0.312 e. The van der Waals surface area contributed by atoms with Crippen LogP contribution in [0.4, 0.5) is 4.39 Å². The van der Waals surface area contributed by atoms with Gasteiger partial charge in [0.25, 0.3) is 5.56 Å². The van der Waals surface area contributed by atoms with Crippen LogP contribution in [0.5, 0.6) is 0 Å². The molecule has 2 bridgehead atoms. The molecule has 0 saturated carbocycles. The Morgan fingerprint density at radius 1 is 1.09 bits per heavy atom. The molecular weight excluding hydrogens is 279 g/mol. The average molecular weight is 298 g/mol. The summed E-state index contributed by atoms with van der Waals surface area (Å²) < 4.78 is 15.3. The Bertz CT molecular complexity index is 755. The van der Waals surface area contributed by atoms with Gasteiger partial charge in [0.1, 0.15) is 5.82 Å². The van der Waals surface area contributed by atoms with Gasteiger partial charge >= 0.3 is 0 Å². The molecule has 2 aliphatic rings. The number of likely N-dealkylation sites (tertiary alicyclic amines) is 1. The van der Waals surface area contributed by atoms with Crippen LogP contribution in [0.3, 0.4) is 0 Å².